The molecule has 0 aliphatic carbocycles. The van der Waals surface area contributed by atoms with Gasteiger partial charge in [-0.1, -0.05) is 36.4 Å². The summed E-state index contributed by atoms with van der Waals surface area (Å²) in [5.74, 6) is 1.64. The lowest BCUT2D eigenvalue weighted by atomic mass is 10.2. The lowest BCUT2D eigenvalue weighted by molar-refractivity contribution is 0.399. The molecule has 3 heteroatoms. The van der Waals surface area contributed by atoms with Gasteiger partial charge in [-0.25, -0.2) is 4.98 Å². The number of thioether (sulfide) groups is 1. The van der Waals surface area contributed by atoms with Crippen molar-refractivity contribution >= 4 is 22.5 Å². The number of ether oxygens (including phenoxy) is 1. The normalized spacial score (nSPS) is 10.7. The lowest BCUT2D eigenvalue weighted by Crippen LogP contribution is -1.87. The Morgan fingerprint density at radius 3 is 2.65 bits per heavy atom. The molecule has 2 nitrogen and oxygen atoms in total. The van der Waals surface area contributed by atoms with Crippen molar-refractivity contribution in [2.45, 2.75) is 10.6 Å². The fourth-order valence-corrected chi connectivity index (χ4v) is 2.94. The average molecular weight is 281 g/mol. The van der Waals surface area contributed by atoms with Crippen molar-refractivity contribution in [1.29, 1.82) is 0 Å². The van der Waals surface area contributed by atoms with E-state index in [1.54, 1.807) is 7.11 Å². The molecule has 0 amide bonds. The number of methoxy groups -OCH3 is 1. The van der Waals surface area contributed by atoms with Crippen LogP contribution in [0.25, 0.3) is 10.8 Å². The van der Waals surface area contributed by atoms with E-state index in [4.69, 9.17) is 4.74 Å². The first kappa shape index (κ1) is 13.0. The van der Waals surface area contributed by atoms with Gasteiger partial charge >= 0.3 is 0 Å². The van der Waals surface area contributed by atoms with Crippen molar-refractivity contribution in [3.63, 3.8) is 0 Å². The smallest absolute Gasteiger partial charge is 0.213 e. The molecule has 2 aromatic carbocycles. The number of hydrogen-bond acceptors (Lipinski definition) is 3. The van der Waals surface area contributed by atoms with Gasteiger partial charge in [-0.05, 0) is 23.1 Å². The maximum Gasteiger partial charge on any atom is 0.213 e. The summed E-state index contributed by atoms with van der Waals surface area (Å²) in [5.41, 5.74) is 1.34. The highest BCUT2D eigenvalue weighted by molar-refractivity contribution is 7.98. The molecule has 0 N–H and O–H groups in total. The summed E-state index contributed by atoms with van der Waals surface area (Å²) in [6.07, 6.45) is 1.86. The van der Waals surface area contributed by atoms with Crippen LogP contribution in [0.4, 0.5) is 0 Å². The van der Waals surface area contributed by atoms with Crippen LogP contribution < -0.4 is 4.74 Å². The van der Waals surface area contributed by atoms with Gasteiger partial charge in [0.1, 0.15) is 0 Å². The second-order valence-electron chi connectivity index (χ2n) is 4.51. The number of hydrogen-bond donors (Lipinski definition) is 0. The third-order valence-corrected chi connectivity index (χ3v) is 4.19. The van der Waals surface area contributed by atoms with Crippen LogP contribution in [0.2, 0.25) is 0 Å². The van der Waals surface area contributed by atoms with E-state index >= 15 is 0 Å². The van der Waals surface area contributed by atoms with Crippen LogP contribution in [-0.4, -0.2) is 12.1 Å². The third-order valence-electron chi connectivity index (χ3n) is 3.13. The average Bonchev–Trinajstić information content (AvgIpc) is 2.53. The van der Waals surface area contributed by atoms with Gasteiger partial charge in [-0.15, -0.1) is 11.8 Å². The van der Waals surface area contributed by atoms with Crippen molar-refractivity contribution in [2.75, 3.05) is 7.11 Å². The molecule has 3 rings (SSSR count). The summed E-state index contributed by atoms with van der Waals surface area (Å²) in [6, 6.07) is 18.9. The predicted octanol–water partition coefficient (Wildman–Crippen LogP) is 4.54. The van der Waals surface area contributed by atoms with Gasteiger partial charge < -0.3 is 4.74 Å². The molecule has 0 bridgehead atoms. The maximum atomic E-state index is 5.14. The molecule has 0 radical (unpaired) electrons. The van der Waals surface area contributed by atoms with Crippen LogP contribution >= 0.6 is 11.8 Å². The summed E-state index contributed by atoms with van der Waals surface area (Å²) in [7, 11) is 1.64. The van der Waals surface area contributed by atoms with E-state index in [9.17, 15) is 0 Å². The summed E-state index contributed by atoms with van der Waals surface area (Å²) < 4.78 is 5.14. The zero-order valence-corrected chi connectivity index (χ0v) is 12.1. The Labute approximate surface area is 122 Å². The molecule has 0 atom stereocenters. The quantitative estimate of drug-likeness (QED) is 0.656. The molecule has 0 unspecified atom stereocenters. The number of pyridine rings is 1. The fourth-order valence-electron chi connectivity index (χ4n) is 2.04. The molecule has 1 aromatic heterocycles. The number of rotatable bonds is 4. The van der Waals surface area contributed by atoms with Gasteiger partial charge in [0.2, 0.25) is 5.88 Å². The molecule has 20 heavy (non-hydrogen) atoms. The monoisotopic (exact) mass is 281 g/mol. The van der Waals surface area contributed by atoms with Crippen molar-refractivity contribution in [3.8, 4) is 5.88 Å². The number of benzene rings is 2. The predicted molar refractivity (Wildman–Crippen MR) is 84.3 cm³/mol. The van der Waals surface area contributed by atoms with Crippen LogP contribution in [0.5, 0.6) is 5.88 Å². The first-order chi connectivity index (χ1) is 9.85. The van der Waals surface area contributed by atoms with E-state index in [2.05, 4.69) is 47.4 Å². The number of fused-ring (bicyclic) bond motifs is 1. The molecule has 100 valence electrons. The second-order valence-corrected chi connectivity index (χ2v) is 5.56. The molecule has 0 spiro atoms. The van der Waals surface area contributed by atoms with E-state index < -0.39 is 0 Å². The van der Waals surface area contributed by atoms with Gasteiger partial charge in [0.05, 0.1) is 7.11 Å². The summed E-state index contributed by atoms with van der Waals surface area (Å²) in [4.78, 5) is 5.51. The molecule has 0 aliphatic rings. The fraction of sp³-hybridized carbons (Fsp3) is 0.118. The molecule has 0 saturated heterocycles. The molecule has 3 aromatic rings. The van der Waals surface area contributed by atoms with Gasteiger partial charge in [-0.2, -0.15) is 0 Å². The maximum absolute atomic E-state index is 5.14. The minimum absolute atomic E-state index is 0.655. The Balaban J connectivity index is 1.79. The highest BCUT2D eigenvalue weighted by Gasteiger charge is 2.01. The summed E-state index contributed by atoms with van der Waals surface area (Å²) >= 11 is 1.84. The van der Waals surface area contributed by atoms with E-state index in [1.165, 1.54) is 10.5 Å². The van der Waals surface area contributed by atoms with E-state index in [1.807, 2.05) is 30.1 Å². The molecule has 0 aliphatic heterocycles. The third kappa shape index (κ3) is 2.94. The van der Waals surface area contributed by atoms with Crippen LogP contribution in [0, 0.1) is 0 Å². The molecule has 0 saturated carbocycles. The van der Waals surface area contributed by atoms with Crippen LogP contribution in [-0.2, 0) is 5.75 Å². The molecule has 1 heterocycles. The van der Waals surface area contributed by atoms with Crippen molar-refractivity contribution in [3.05, 3.63) is 66.4 Å². The highest BCUT2D eigenvalue weighted by atomic mass is 32.2. The first-order valence-corrected chi connectivity index (χ1v) is 7.44. The Bertz CT molecular complexity index is 713. The zero-order valence-electron chi connectivity index (χ0n) is 11.2. The largest absolute Gasteiger partial charge is 0.481 e. The zero-order chi connectivity index (χ0) is 13.8. The molecule has 0 fully saturated rings. The topological polar surface area (TPSA) is 22.1 Å². The number of nitrogens with zero attached hydrogens (tertiary/aromatic N) is 1. The highest BCUT2D eigenvalue weighted by Crippen LogP contribution is 2.27. The Hall–Kier alpha value is -2.00. The van der Waals surface area contributed by atoms with Crippen molar-refractivity contribution in [2.24, 2.45) is 0 Å². The second kappa shape index (κ2) is 5.97. The first-order valence-electron chi connectivity index (χ1n) is 6.46. The number of aromatic nitrogens is 1. The molecular formula is C17H15NOS. The minimum Gasteiger partial charge on any atom is -0.481 e. The molecular weight excluding hydrogens is 266 g/mol. The Kier molecular flexibility index (Phi) is 3.88. The van der Waals surface area contributed by atoms with E-state index in [0.29, 0.717) is 5.88 Å². The minimum atomic E-state index is 0.655. The summed E-state index contributed by atoms with van der Waals surface area (Å²) in [6.45, 7) is 0. The summed E-state index contributed by atoms with van der Waals surface area (Å²) in [5, 5.41) is 2.30. The van der Waals surface area contributed by atoms with Crippen LogP contribution in [0.15, 0.2) is 65.7 Å². The Morgan fingerprint density at radius 1 is 1.00 bits per heavy atom. The van der Waals surface area contributed by atoms with Gasteiger partial charge in [0.25, 0.3) is 0 Å². The van der Waals surface area contributed by atoms with Gasteiger partial charge in [0.15, 0.2) is 0 Å². The standard InChI is InChI=1S/C17H15NOS/c1-19-17-10-14-7-8-16(9-15(14)11-18-17)20-12-13-5-3-2-4-6-13/h2-11H,12H2,1H3. The van der Waals surface area contributed by atoms with E-state index in [0.717, 1.165) is 16.5 Å². The Morgan fingerprint density at radius 2 is 1.85 bits per heavy atom. The van der Waals surface area contributed by atoms with Gasteiger partial charge in [-0.3, -0.25) is 0 Å². The van der Waals surface area contributed by atoms with Crippen LogP contribution in [0.3, 0.4) is 0 Å². The van der Waals surface area contributed by atoms with E-state index in [-0.39, 0.29) is 0 Å². The van der Waals surface area contributed by atoms with Gasteiger partial charge in [0, 0.05) is 28.3 Å². The SMILES string of the molecule is COc1cc2ccc(SCc3ccccc3)cc2cn1. The van der Waals surface area contributed by atoms with Crippen LogP contribution in [0.1, 0.15) is 5.56 Å². The van der Waals surface area contributed by atoms with Crippen molar-refractivity contribution in [1.82, 2.24) is 4.98 Å². The lowest BCUT2D eigenvalue weighted by Gasteiger charge is -2.05. The van der Waals surface area contributed by atoms with Crippen molar-refractivity contribution < 1.29 is 4.74 Å².